The second kappa shape index (κ2) is 4.61. The van der Waals surface area contributed by atoms with Crippen LogP contribution >= 0.6 is 0 Å². The molecule has 0 rings (SSSR count). The highest BCUT2D eigenvalue weighted by Crippen LogP contribution is 2.19. The van der Waals surface area contributed by atoms with Gasteiger partial charge in [0.15, 0.2) is 0 Å². The molecule has 0 unspecified atom stereocenters. The van der Waals surface area contributed by atoms with Crippen LogP contribution in [0.4, 0.5) is 0 Å². The first kappa shape index (κ1) is 12.4. The van der Waals surface area contributed by atoms with E-state index >= 15 is 0 Å². The second-order valence-corrected chi connectivity index (χ2v) is 3.95. The molecule has 3 heteroatoms. The molecule has 0 aromatic carbocycles. The molecule has 0 saturated heterocycles. The Morgan fingerprint density at radius 3 is 2.00 bits per heavy atom. The molecule has 0 aliphatic heterocycles. The van der Waals surface area contributed by atoms with E-state index in [-0.39, 0.29) is 0 Å². The maximum Gasteiger partial charge on any atom is 0.323 e. The van der Waals surface area contributed by atoms with Crippen molar-refractivity contribution in [1.82, 2.24) is 4.90 Å². The highest BCUT2D eigenvalue weighted by molar-refractivity contribution is 5.77. The van der Waals surface area contributed by atoms with E-state index in [0.29, 0.717) is 6.04 Å². The molecule has 13 heavy (non-hydrogen) atoms. The molecule has 0 amide bonds. The van der Waals surface area contributed by atoms with Crippen molar-refractivity contribution in [2.45, 2.75) is 52.1 Å². The maximum atomic E-state index is 11.0. The minimum atomic E-state index is -0.767. The summed E-state index contributed by atoms with van der Waals surface area (Å²) in [6, 6.07) is 0.353. The molecule has 1 N–H and O–H groups in total. The van der Waals surface area contributed by atoms with Crippen LogP contribution in [0, 0.1) is 0 Å². The first-order chi connectivity index (χ1) is 5.87. The standard InChI is InChI=1S/C10H21NO2/c1-6-8(7-2)11(5)10(3,4)9(12)13/h8H,6-7H2,1-5H3,(H,12,13). The number of hydrogen-bond acceptors (Lipinski definition) is 2. The van der Waals surface area contributed by atoms with E-state index in [0.717, 1.165) is 12.8 Å². The van der Waals surface area contributed by atoms with Crippen molar-refractivity contribution in [3.05, 3.63) is 0 Å². The number of carboxylic acids is 1. The van der Waals surface area contributed by atoms with E-state index in [4.69, 9.17) is 5.11 Å². The lowest BCUT2D eigenvalue weighted by Gasteiger charge is -2.37. The van der Waals surface area contributed by atoms with Crippen LogP contribution in [-0.2, 0) is 4.79 Å². The molecule has 0 spiro atoms. The summed E-state index contributed by atoms with van der Waals surface area (Å²) >= 11 is 0. The minimum Gasteiger partial charge on any atom is -0.480 e. The molecule has 0 heterocycles. The van der Waals surface area contributed by atoms with Crippen molar-refractivity contribution in [2.24, 2.45) is 0 Å². The van der Waals surface area contributed by atoms with Crippen molar-refractivity contribution in [3.8, 4) is 0 Å². The number of aliphatic carboxylic acids is 1. The largest absolute Gasteiger partial charge is 0.480 e. The fourth-order valence-corrected chi connectivity index (χ4v) is 1.44. The van der Waals surface area contributed by atoms with Crippen molar-refractivity contribution in [3.63, 3.8) is 0 Å². The lowest BCUT2D eigenvalue weighted by atomic mass is 9.99. The summed E-state index contributed by atoms with van der Waals surface area (Å²) in [7, 11) is 1.88. The van der Waals surface area contributed by atoms with Crippen molar-refractivity contribution < 1.29 is 9.90 Å². The van der Waals surface area contributed by atoms with Crippen LogP contribution < -0.4 is 0 Å². The topological polar surface area (TPSA) is 40.5 Å². The van der Waals surface area contributed by atoms with E-state index in [9.17, 15) is 4.79 Å². The molecule has 0 aliphatic carbocycles. The third-order valence-corrected chi connectivity index (χ3v) is 2.90. The van der Waals surface area contributed by atoms with Crippen LogP contribution in [0.1, 0.15) is 40.5 Å². The smallest absolute Gasteiger partial charge is 0.323 e. The quantitative estimate of drug-likeness (QED) is 0.715. The van der Waals surface area contributed by atoms with Crippen molar-refractivity contribution in [2.75, 3.05) is 7.05 Å². The molecule has 3 nitrogen and oxygen atoms in total. The molecule has 78 valence electrons. The van der Waals surface area contributed by atoms with Gasteiger partial charge in [-0.15, -0.1) is 0 Å². The van der Waals surface area contributed by atoms with E-state index in [1.54, 1.807) is 13.8 Å². The SMILES string of the molecule is CCC(CC)N(C)C(C)(C)C(=O)O. The number of rotatable bonds is 5. The van der Waals surface area contributed by atoms with Crippen LogP contribution in [0.3, 0.4) is 0 Å². The average molecular weight is 187 g/mol. The third-order valence-electron chi connectivity index (χ3n) is 2.90. The zero-order valence-electron chi connectivity index (χ0n) is 9.29. The van der Waals surface area contributed by atoms with Gasteiger partial charge in [-0.25, -0.2) is 0 Å². The van der Waals surface area contributed by atoms with Crippen LogP contribution in [0.5, 0.6) is 0 Å². The van der Waals surface area contributed by atoms with Crippen LogP contribution in [0.15, 0.2) is 0 Å². The normalized spacial score (nSPS) is 12.5. The molecule has 0 aromatic heterocycles. The average Bonchev–Trinajstić information content (AvgIpc) is 2.06. The molecule has 0 atom stereocenters. The fraction of sp³-hybridized carbons (Fsp3) is 0.900. The summed E-state index contributed by atoms with van der Waals surface area (Å²) in [6.45, 7) is 7.66. The zero-order valence-corrected chi connectivity index (χ0v) is 9.29. The third kappa shape index (κ3) is 2.69. The number of carboxylic acid groups (broad SMARTS) is 1. The Morgan fingerprint density at radius 1 is 1.38 bits per heavy atom. The van der Waals surface area contributed by atoms with Gasteiger partial charge in [0, 0.05) is 6.04 Å². The predicted octanol–water partition coefficient (Wildman–Crippen LogP) is 1.97. The van der Waals surface area contributed by atoms with Gasteiger partial charge in [0.1, 0.15) is 5.54 Å². The summed E-state index contributed by atoms with van der Waals surface area (Å²) in [5.74, 6) is -0.762. The lowest BCUT2D eigenvalue weighted by Crippen LogP contribution is -2.52. The Balaban J connectivity index is 4.55. The van der Waals surface area contributed by atoms with Gasteiger partial charge in [0.25, 0.3) is 0 Å². The van der Waals surface area contributed by atoms with Crippen molar-refractivity contribution >= 4 is 5.97 Å². The summed E-state index contributed by atoms with van der Waals surface area (Å²) < 4.78 is 0. The van der Waals surface area contributed by atoms with E-state index in [2.05, 4.69) is 13.8 Å². The lowest BCUT2D eigenvalue weighted by molar-refractivity contribution is -0.150. The van der Waals surface area contributed by atoms with Crippen molar-refractivity contribution in [1.29, 1.82) is 0 Å². The summed E-state index contributed by atoms with van der Waals surface area (Å²) in [6.07, 6.45) is 1.98. The molecule has 0 aromatic rings. The van der Waals surface area contributed by atoms with Gasteiger partial charge in [-0.3, -0.25) is 9.69 Å². The number of carbonyl (C=O) groups is 1. The first-order valence-corrected chi connectivity index (χ1v) is 4.84. The van der Waals surface area contributed by atoms with Gasteiger partial charge in [-0.05, 0) is 33.7 Å². The predicted molar refractivity (Wildman–Crippen MR) is 53.8 cm³/mol. The minimum absolute atomic E-state index is 0.353. The van der Waals surface area contributed by atoms with Gasteiger partial charge < -0.3 is 5.11 Å². The highest BCUT2D eigenvalue weighted by Gasteiger charge is 2.34. The van der Waals surface area contributed by atoms with E-state index in [1.165, 1.54) is 0 Å². The summed E-state index contributed by atoms with van der Waals surface area (Å²) in [4.78, 5) is 12.9. The molecular formula is C10H21NO2. The Morgan fingerprint density at radius 2 is 1.77 bits per heavy atom. The molecule has 0 saturated carbocycles. The van der Waals surface area contributed by atoms with E-state index < -0.39 is 11.5 Å². The molecule has 0 radical (unpaired) electrons. The molecule has 0 bridgehead atoms. The van der Waals surface area contributed by atoms with Gasteiger partial charge in [-0.2, -0.15) is 0 Å². The van der Waals surface area contributed by atoms with Gasteiger partial charge in [-0.1, -0.05) is 13.8 Å². The maximum absolute atomic E-state index is 11.0. The number of hydrogen-bond donors (Lipinski definition) is 1. The van der Waals surface area contributed by atoms with Crippen LogP contribution in [0.25, 0.3) is 0 Å². The zero-order chi connectivity index (χ0) is 10.6. The second-order valence-electron chi connectivity index (χ2n) is 3.95. The van der Waals surface area contributed by atoms with Crippen LogP contribution in [0.2, 0.25) is 0 Å². The Bertz CT molecular complexity index is 174. The van der Waals surface area contributed by atoms with Gasteiger partial charge in [0.05, 0.1) is 0 Å². The van der Waals surface area contributed by atoms with Gasteiger partial charge >= 0.3 is 5.97 Å². The molecular weight excluding hydrogens is 166 g/mol. The van der Waals surface area contributed by atoms with Crippen LogP contribution in [-0.4, -0.2) is 34.6 Å². The Hall–Kier alpha value is -0.570. The fourth-order valence-electron chi connectivity index (χ4n) is 1.44. The monoisotopic (exact) mass is 187 g/mol. The summed E-state index contributed by atoms with van der Waals surface area (Å²) in [5, 5.41) is 9.01. The first-order valence-electron chi connectivity index (χ1n) is 4.84. The number of nitrogens with zero attached hydrogens (tertiary/aromatic N) is 1. The molecule has 0 aliphatic rings. The Kier molecular flexibility index (Phi) is 4.40. The van der Waals surface area contributed by atoms with Gasteiger partial charge in [0.2, 0.25) is 0 Å². The summed E-state index contributed by atoms with van der Waals surface area (Å²) in [5.41, 5.74) is -0.767. The Labute approximate surface area is 80.7 Å². The highest BCUT2D eigenvalue weighted by atomic mass is 16.4. The number of likely N-dealkylation sites (N-methyl/N-ethyl adjacent to an activating group) is 1. The van der Waals surface area contributed by atoms with E-state index in [1.807, 2.05) is 11.9 Å². The molecule has 0 fully saturated rings.